The number of carbonyl (C=O) groups excluding carboxylic acids is 1. The molecule has 0 atom stereocenters. The van der Waals surface area contributed by atoms with Crippen LogP contribution in [-0.4, -0.2) is 54.7 Å². The number of aromatic nitrogens is 2. The maximum absolute atomic E-state index is 13.2. The third-order valence-electron chi connectivity index (χ3n) is 5.27. The van der Waals surface area contributed by atoms with Gasteiger partial charge in [0.1, 0.15) is 5.82 Å². The fourth-order valence-corrected chi connectivity index (χ4v) is 5.00. The summed E-state index contributed by atoms with van der Waals surface area (Å²) in [6, 6.07) is 5.17. The van der Waals surface area contributed by atoms with Gasteiger partial charge in [-0.05, 0) is 57.2 Å². The van der Waals surface area contributed by atoms with E-state index in [4.69, 9.17) is 4.74 Å². The molecule has 1 saturated carbocycles. The van der Waals surface area contributed by atoms with Gasteiger partial charge < -0.3 is 19.5 Å². The van der Waals surface area contributed by atoms with E-state index in [0.717, 1.165) is 12.8 Å². The van der Waals surface area contributed by atoms with E-state index in [2.05, 4.69) is 10.3 Å². The molecular weight excluding hydrogens is 447 g/mol. The van der Waals surface area contributed by atoms with Crippen LogP contribution in [0.4, 0.5) is 9.18 Å². The molecule has 3 rings (SSSR count). The van der Waals surface area contributed by atoms with Crippen molar-refractivity contribution < 1.29 is 22.3 Å². The third kappa shape index (κ3) is 7.26. The number of hydrogen-bond donors (Lipinski definition) is 1. The van der Waals surface area contributed by atoms with Crippen LogP contribution in [0.2, 0.25) is 0 Å². The van der Waals surface area contributed by atoms with Crippen LogP contribution >= 0.6 is 0 Å². The number of nitrogens with zero attached hydrogens (tertiary/aromatic N) is 3. The Labute approximate surface area is 195 Å². The van der Waals surface area contributed by atoms with Gasteiger partial charge in [0.2, 0.25) is 15.0 Å². The monoisotopic (exact) mass is 480 g/mol. The number of halogens is 1. The van der Waals surface area contributed by atoms with E-state index in [1.165, 1.54) is 30.5 Å². The van der Waals surface area contributed by atoms with Gasteiger partial charge in [0.15, 0.2) is 0 Å². The second-order valence-corrected chi connectivity index (χ2v) is 11.4. The van der Waals surface area contributed by atoms with E-state index in [9.17, 15) is 17.6 Å². The van der Waals surface area contributed by atoms with Gasteiger partial charge in [-0.3, -0.25) is 0 Å². The van der Waals surface area contributed by atoms with Gasteiger partial charge in [0, 0.05) is 25.7 Å². The number of amides is 2. The highest BCUT2D eigenvalue weighted by molar-refractivity contribution is 7.90. The lowest BCUT2D eigenvalue weighted by Crippen LogP contribution is -2.49. The lowest BCUT2D eigenvalue weighted by atomic mass is 10.1. The minimum Gasteiger partial charge on any atom is -0.383 e. The molecule has 0 bridgehead atoms. The van der Waals surface area contributed by atoms with Crippen LogP contribution in [0.3, 0.4) is 0 Å². The third-order valence-corrected chi connectivity index (χ3v) is 6.86. The van der Waals surface area contributed by atoms with E-state index >= 15 is 0 Å². The molecule has 1 heterocycles. The fourth-order valence-electron chi connectivity index (χ4n) is 3.48. The lowest BCUT2D eigenvalue weighted by Gasteiger charge is -2.29. The van der Waals surface area contributed by atoms with Crippen molar-refractivity contribution in [2.45, 2.75) is 63.2 Å². The zero-order chi connectivity index (χ0) is 24.2. The first-order valence-electron chi connectivity index (χ1n) is 11.1. The number of urea groups is 1. The van der Waals surface area contributed by atoms with Crippen molar-refractivity contribution in [1.82, 2.24) is 19.8 Å². The molecular formula is C23H33FN4O4S. The Morgan fingerprint density at radius 1 is 1.27 bits per heavy atom. The smallest absolute Gasteiger partial charge is 0.318 e. The molecule has 0 aliphatic heterocycles. The van der Waals surface area contributed by atoms with Crippen LogP contribution in [0.25, 0.3) is 0 Å². The van der Waals surface area contributed by atoms with Crippen LogP contribution in [0.15, 0.2) is 35.6 Å². The summed E-state index contributed by atoms with van der Waals surface area (Å²) in [6.45, 7) is 7.17. The number of carbonyl (C=O) groups is 1. The van der Waals surface area contributed by atoms with Crippen molar-refractivity contribution >= 4 is 15.9 Å². The van der Waals surface area contributed by atoms with Gasteiger partial charge in [-0.1, -0.05) is 12.1 Å². The Balaban J connectivity index is 1.88. The van der Waals surface area contributed by atoms with Gasteiger partial charge in [0.25, 0.3) is 0 Å². The van der Waals surface area contributed by atoms with Crippen LogP contribution in [0.5, 0.6) is 0 Å². The maximum atomic E-state index is 13.2. The van der Waals surface area contributed by atoms with Crippen molar-refractivity contribution in [2.24, 2.45) is 5.92 Å². The van der Waals surface area contributed by atoms with Crippen molar-refractivity contribution in [3.05, 3.63) is 47.5 Å². The molecule has 33 heavy (non-hydrogen) atoms. The van der Waals surface area contributed by atoms with Crippen molar-refractivity contribution in [2.75, 3.05) is 20.3 Å². The van der Waals surface area contributed by atoms with Gasteiger partial charge in [0.05, 0.1) is 30.8 Å². The molecule has 2 aromatic rings. The summed E-state index contributed by atoms with van der Waals surface area (Å²) in [5.74, 6) is -0.260. The second kappa shape index (κ2) is 10.2. The molecule has 1 aliphatic rings. The number of sulfone groups is 1. The Morgan fingerprint density at radius 3 is 2.52 bits per heavy atom. The zero-order valence-electron chi connectivity index (χ0n) is 19.7. The molecule has 1 aromatic heterocycles. The molecule has 1 aromatic carbocycles. The topological polar surface area (TPSA) is 93.5 Å². The first-order valence-corrected chi connectivity index (χ1v) is 12.7. The number of hydrogen-bond acceptors (Lipinski definition) is 5. The first kappa shape index (κ1) is 25.2. The van der Waals surface area contributed by atoms with Crippen molar-refractivity contribution in [1.29, 1.82) is 0 Å². The van der Waals surface area contributed by atoms with Gasteiger partial charge in [-0.15, -0.1) is 0 Å². The molecule has 182 valence electrons. The minimum atomic E-state index is -3.81. The molecule has 8 nitrogen and oxygen atoms in total. The average molecular weight is 481 g/mol. The number of ether oxygens (including phenoxy) is 1. The summed E-state index contributed by atoms with van der Waals surface area (Å²) in [6.07, 6.45) is 3.68. The first-order chi connectivity index (χ1) is 15.5. The quantitative estimate of drug-likeness (QED) is 0.563. The maximum Gasteiger partial charge on any atom is 0.318 e. The van der Waals surface area contributed by atoms with Crippen LogP contribution in [0.1, 0.15) is 44.9 Å². The molecule has 0 radical (unpaired) electrons. The number of benzene rings is 1. The highest BCUT2D eigenvalue weighted by Gasteiger charge is 2.30. The van der Waals surface area contributed by atoms with Gasteiger partial charge >= 0.3 is 6.03 Å². The van der Waals surface area contributed by atoms with E-state index < -0.39 is 21.2 Å². The second-order valence-electron chi connectivity index (χ2n) is 9.57. The highest BCUT2D eigenvalue weighted by Crippen LogP contribution is 2.30. The summed E-state index contributed by atoms with van der Waals surface area (Å²) in [7, 11) is -2.27. The van der Waals surface area contributed by atoms with E-state index in [-0.39, 0.29) is 30.0 Å². The summed E-state index contributed by atoms with van der Waals surface area (Å²) in [5.41, 5.74) is 0.701. The highest BCUT2D eigenvalue weighted by atomic mass is 32.2. The SMILES string of the molecule is COCCn1c(CN(CC2CC2)C(=O)NC(C)(C)C)cnc1S(=O)(=O)Cc1ccc(F)cc1. The van der Waals surface area contributed by atoms with E-state index in [0.29, 0.717) is 30.3 Å². The Kier molecular flexibility index (Phi) is 7.79. The summed E-state index contributed by atoms with van der Waals surface area (Å²) in [5, 5.41) is 2.91. The molecule has 1 N–H and O–H groups in total. The Bertz CT molecular complexity index is 1060. The predicted octanol–water partition coefficient (Wildman–Crippen LogP) is 3.36. The van der Waals surface area contributed by atoms with E-state index in [1.54, 1.807) is 16.6 Å². The molecule has 0 saturated heterocycles. The van der Waals surface area contributed by atoms with Gasteiger partial charge in [-0.2, -0.15) is 0 Å². The molecule has 0 spiro atoms. The number of rotatable bonds is 10. The lowest BCUT2D eigenvalue weighted by molar-refractivity contribution is 0.174. The van der Waals surface area contributed by atoms with Crippen LogP contribution in [-0.2, 0) is 33.4 Å². The molecule has 1 aliphatic carbocycles. The molecule has 0 unspecified atom stereocenters. The van der Waals surface area contributed by atoms with E-state index in [1.807, 2.05) is 20.8 Å². The van der Waals surface area contributed by atoms with Gasteiger partial charge in [-0.25, -0.2) is 22.6 Å². The van der Waals surface area contributed by atoms with Crippen LogP contribution < -0.4 is 5.32 Å². The Morgan fingerprint density at radius 2 is 1.94 bits per heavy atom. The predicted molar refractivity (Wildman–Crippen MR) is 123 cm³/mol. The standard InChI is InChI=1S/C23H33FN4O4S/c1-23(2,3)26-21(29)27(14-17-5-6-17)15-20-13-25-22(28(20)11-12-32-4)33(30,31)16-18-7-9-19(24)10-8-18/h7-10,13,17H,5-6,11-12,14-16H2,1-4H3,(H,26,29). The fraction of sp³-hybridized carbons (Fsp3) is 0.565. The summed E-state index contributed by atoms with van der Waals surface area (Å²) in [4.78, 5) is 18.9. The number of nitrogens with one attached hydrogen (secondary N) is 1. The molecule has 1 fully saturated rings. The molecule has 10 heteroatoms. The number of methoxy groups -OCH3 is 1. The number of imidazole rings is 1. The van der Waals surface area contributed by atoms with Crippen molar-refractivity contribution in [3.63, 3.8) is 0 Å². The summed E-state index contributed by atoms with van der Waals surface area (Å²) >= 11 is 0. The average Bonchev–Trinajstić information content (AvgIpc) is 3.44. The largest absolute Gasteiger partial charge is 0.383 e. The molecule has 2 amide bonds. The van der Waals surface area contributed by atoms with Crippen molar-refractivity contribution in [3.8, 4) is 0 Å². The zero-order valence-corrected chi connectivity index (χ0v) is 20.5. The normalized spacial score (nSPS) is 14.3. The Hall–Kier alpha value is -2.46. The summed E-state index contributed by atoms with van der Waals surface area (Å²) < 4.78 is 46.3. The van der Waals surface area contributed by atoms with Crippen LogP contribution in [0, 0.1) is 11.7 Å². The minimum absolute atomic E-state index is 0.0820.